The van der Waals surface area contributed by atoms with Gasteiger partial charge in [-0.2, -0.15) is 0 Å². The Morgan fingerprint density at radius 1 is 1.67 bits per heavy atom. The molecule has 0 spiro atoms. The summed E-state index contributed by atoms with van der Waals surface area (Å²) in [4.78, 5) is 0. The molecule has 1 aliphatic rings. The normalized spacial score (nSPS) is 22.1. The van der Waals surface area contributed by atoms with Crippen LogP contribution in [0.5, 0.6) is 0 Å². The second-order valence-electron chi connectivity index (χ2n) is 3.37. The van der Waals surface area contributed by atoms with Crippen molar-refractivity contribution < 1.29 is 9.47 Å². The summed E-state index contributed by atoms with van der Waals surface area (Å²) in [6, 6.07) is 0. The summed E-state index contributed by atoms with van der Waals surface area (Å²) in [6.07, 6.45) is 8.68. The lowest BCUT2D eigenvalue weighted by atomic mass is 10.2. The lowest BCUT2D eigenvalue weighted by Gasteiger charge is -2.10. The molecule has 1 rings (SSSR count). The van der Waals surface area contributed by atoms with Gasteiger partial charge >= 0.3 is 0 Å². The van der Waals surface area contributed by atoms with E-state index in [0.29, 0.717) is 13.2 Å². The zero-order valence-electron chi connectivity index (χ0n) is 9.24. The predicted molar refractivity (Wildman–Crippen MR) is 62.5 cm³/mol. The van der Waals surface area contributed by atoms with Crippen LogP contribution in [0, 0.1) is 0 Å². The van der Waals surface area contributed by atoms with E-state index in [-0.39, 0.29) is 6.10 Å². The van der Waals surface area contributed by atoms with Gasteiger partial charge in [0.2, 0.25) is 0 Å². The third-order valence-corrected chi connectivity index (χ3v) is 2.24. The van der Waals surface area contributed by atoms with E-state index in [1.807, 2.05) is 25.2 Å². The third kappa shape index (κ3) is 3.76. The van der Waals surface area contributed by atoms with Crippen LogP contribution in [0.2, 0.25) is 0 Å². The van der Waals surface area contributed by atoms with Crippen molar-refractivity contribution in [2.24, 2.45) is 0 Å². The van der Waals surface area contributed by atoms with Crippen molar-refractivity contribution in [1.82, 2.24) is 0 Å². The first-order valence-corrected chi connectivity index (χ1v) is 5.15. The van der Waals surface area contributed by atoms with Gasteiger partial charge in [0.1, 0.15) is 11.9 Å². The molecule has 15 heavy (non-hydrogen) atoms. The van der Waals surface area contributed by atoms with Gasteiger partial charge in [0.25, 0.3) is 0 Å². The number of hydrogen-bond donors (Lipinski definition) is 0. The minimum atomic E-state index is 0.0407. The average molecular weight is 206 g/mol. The van der Waals surface area contributed by atoms with Crippen LogP contribution >= 0.6 is 0 Å². The molecule has 2 heteroatoms. The SMILES string of the molecule is C=C/C(=C\C=C/C)COC1CCOC1=C. The number of ether oxygens (including phenoxy) is 2. The highest BCUT2D eigenvalue weighted by atomic mass is 16.5. The fraction of sp³-hybridized carbons (Fsp3) is 0.385. The number of hydrogen-bond acceptors (Lipinski definition) is 2. The van der Waals surface area contributed by atoms with E-state index in [4.69, 9.17) is 9.47 Å². The van der Waals surface area contributed by atoms with E-state index in [0.717, 1.165) is 17.8 Å². The summed E-state index contributed by atoms with van der Waals surface area (Å²) in [6.45, 7) is 10.8. The number of rotatable bonds is 5. The molecule has 0 aromatic carbocycles. The Morgan fingerprint density at radius 2 is 2.47 bits per heavy atom. The molecule has 0 amide bonds. The Labute approximate surface area is 91.6 Å². The van der Waals surface area contributed by atoms with Gasteiger partial charge in [0.15, 0.2) is 0 Å². The highest BCUT2D eigenvalue weighted by Gasteiger charge is 2.21. The molecule has 0 saturated carbocycles. The van der Waals surface area contributed by atoms with Crippen LogP contribution in [-0.4, -0.2) is 19.3 Å². The molecule has 1 aliphatic heterocycles. The molecule has 1 fully saturated rings. The maximum atomic E-state index is 5.67. The van der Waals surface area contributed by atoms with Crippen LogP contribution < -0.4 is 0 Å². The maximum absolute atomic E-state index is 5.67. The van der Waals surface area contributed by atoms with Gasteiger partial charge in [-0.25, -0.2) is 0 Å². The van der Waals surface area contributed by atoms with Crippen LogP contribution in [0.25, 0.3) is 0 Å². The topological polar surface area (TPSA) is 18.5 Å². The molecule has 0 aromatic rings. The van der Waals surface area contributed by atoms with Crippen molar-refractivity contribution in [2.45, 2.75) is 19.4 Å². The molecule has 0 radical (unpaired) electrons. The van der Waals surface area contributed by atoms with Crippen LogP contribution in [0.1, 0.15) is 13.3 Å². The molecule has 0 N–H and O–H groups in total. The van der Waals surface area contributed by atoms with Crippen LogP contribution in [-0.2, 0) is 9.47 Å². The smallest absolute Gasteiger partial charge is 0.118 e. The van der Waals surface area contributed by atoms with E-state index < -0.39 is 0 Å². The van der Waals surface area contributed by atoms with E-state index >= 15 is 0 Å². The Morgan fingerprint density at radius 3 is 3.00 bits per heavy atom. The van der Waals surface area contributed by atoms with E-state index in [1.165, 1.54) is 0 Å². The van der Waals surface area contributed by atoms with Gasteiger partial charge in [-0.3, -0.25) is 0 Å². The summed E-state index contributed by atoms with van der Waals surface area (Å²) < 4.78 is 10.9. The lowest BCUT2D eigenvalue weighted by Crippen LogP contribution is -2.11. The van der Waals surface area contributed by atoms with Gasteiger partial charge in [0.05, 0.1) is 13.2 Å². The number of allylic oxidation sites excluding steroid dienone is 3. The van der Waals surface area contributed by atoms with Crippen molar-refractivity contribution in [3.05, 3.63) is 48.8 Å². The highest BCUT2D eigenvalue weighted by Crippen LogP contribution is 2.19. The van der Waals surface area contributed by atoms with Crippen LogP contribution in [0.4, 0.5) is 0 Å². The second kappa shape index (κ2) is 6.25. The van der Waals surface area contributed by atoms with Crippen LogP contribution in [0.3, 0.4) is 0 Å². The minimum absolute atomic E-state index is 0.0407. The summed E-state index contributed by atoms with van der Waals surface area (Å²) in [5.41, 5.74) is 1.06. The third-order valence-electron chi connectivity index (χ3n) is 2.24. The van der Waals surface area contributed by atoms with Crippen molar-refractivity contribution in [3.8, 4) is 0 Å². The summed E-state index contributed by atoms with van der Waals surface area (Å²) in [5.74, 6) is 0.740. The molecule has 0 bridgehead atoms. The van der Waals surface area contributed by atoms with Crippen molar-refractivity contribution in [1.29, 1.82) is 0 Å². The minimum Gasteiger partial charge on any atom is -0.496 e. The Hall–Kier alpha value is -1.28. The monoisotopic (exact) mass is 206 g/mol. The van der Waals surface area contributed by atoms with Crippen molar-refractivity contribution in [2.75, 3.05) is 13.2 Å². The summed E-state index contributed by atoms with van der Waals surface area (Å²) >= 11 is 0. The Bertz CT molecular complexity index is 287. The Kier molecular flexibility index (Phi) is 4.91. The summed E-state index contributed by atoms with van der Waals surface area (Å²) in [5, 5.41) is 0. The van der Waals surface area contributed by atoms with Gasteiger partial charge in [-0.1, -0.05) is 37.5 Å². The van der Waals surface area contributed by atoms with E-state index in [2.05, 4.69) is 13.2 Å². The molecule has 0 aliphatic carbocycles. The second-order valence-corrected chi connectivity index (χ2v) is 3.37. The van der Waals surface area contributed by atoms with Gasteiger partial charge in [0, 0.05) is 6.42 Å². The van der Waals surface area contributed by atoms with Crippen molar-refractivity contribution >= 4 is 0 Å². The lowest BCUT2D eigenvalue weighted by molar-refractivity contribution is 0.0935. The first-order chi connectivity index (χ1) is 7.27. The van der Waals surface area contributed by atoms with E-state index in [1.54, 1.807) is 6.08 Å². The van der Waals surface area contributed by atoms with Gasteiger partial charge in [-0.05, 0) is 12.5 Å². The first-order valence-electron chi connectivity index (χ1n) is 5.15. The predicted octanol–water partition coefficient (Wildman–Crippen LogP) is 2.99. The highest BCUT2D eigenvalue weighted by molar-refractivity contribution is 5.22. The first kappa shape index (κ1) is 11.8. The molecule has 1 saturated heterocycles. The molecule has 2 nitrogen and oxygen atoms in total. The molecular formula is C13H18O2. The standard InChI is InChI=1S/C13H18O2/c1-4-6-7-12(5-2)10-15-13-8-9-14-11(13)3/h4-7,13H,2-3,8-10H2,1H3/b6-4-,12-7+. The van der Waals surface area contributed by atoms with Gasteiger partial charge < -0.3 is 9.47 Å². The largest absolute Gasteiger partial charge is 0.496 e. The molecule has 1 atom stereocenters. The van der Waals surface area contributed by atoms with Crippen molar-refractivity contribution in [3.63, 3.8) is 0 Å². The average Bonchev–Trinajstić information content (AvgIpc) is 2.65. The molecule has 82 valence electrons. The van der Waals surface area contributed by atoms with Crippen LogP contribution in [0.15, 0.2) is 48.8 Å². The van der Waals surface area contributed by atoms with E-state index in [9.17, 15) is 0 Å². The fourth-order valence-electron chi connectivity index (χ4n) is 1.32. The summed E-state index contributed by atoms with van der Waals surface area (Å²) in [7, 11) is 0. The Balaban J connectivity index is 2.40. The molecule has 1 unspecified atom stereocenters. The zero-order valence-corrected chi connectivity index (χ0v) is 9.24. The maximum Gasteiger partial charge on any atom is 0.118 e. The molecule has 1 heterocycles. The fourth-order valence-corrected chi connectivity index (χ4v) is 1.32. The molecular weight excluding hydrogens is 188 g/mol. The zero-order chi connectivity index (χ0) is 11.1. The quantitative estimate of drug-likeness (QED) is 0.644. The van der Waals surface area contributed by atoms with Gasteiger partial charge in [-0.15, -0.1) is 0 Å². The molecule has 0 aromatic heterocycles.